The predicted octanol–water partition coefficient (Wildman–Crippen LogP) is 0.0181. The van der Waals surface area contributed by atoms with Crippen molar-refractivity contribution in [3.63, 3.8) is 0 Å². The van der Waals surface area contributed by atoms with E-state index in [9.17, 15) is 9.59 Å². The van der Waals surface area contributed by atoms with Crippen molar-refractivity contribution in [3.8, 4) is 0 Å². The molecule has 0 radical (unpaired) electrons. The first kappa shape index (κ1) is 12.7. The van der Waals surface area contributed by atoms with E-state index >= 15 is 0 Å². The maximum absolute atomic E-state index is 11.6. The van der Waals surface area contributed by atoms with E-state index in [1.165, 1.54) is 14.2 Å². The Hall–Kier alpha value is -1.76. The second-order valence-corrected chi connectivity index (χ2v) is 3.97. The molecule has 7 heteroatoms. The van der Waals surface area contributed by atoms with Crippen molar-refractivity contribution in [2.24, 2.45) is 0 Å². The van der Waals surface area contributed by atoms with Gasteiger partial charge in [-0.1, -0.05) is 0 Å². The Morgan fingerprint density at radius 2 is 1.94 bits per heavy atom. The summed E-state index contributed by atoms with van der Waals surface area (Å²) in [6.07, 6.45) is 2.32. The Morgan fingerprint density at radius 3 is 2.50 bits per heavy atom. The van der Waals surface area contributed by atoms with Crippen molar-refractivity contribution < 1.29 is 28.5 Å². The molecule has 0 saturated carbocycles. The number of rotatable bonds is 2. The monoisotopic (exact) mass is 257 g/mol. The third-order valence-corrected chi connectivity index (χ3v) is 2.81. The molecule has 1 N–H and O–H groups in total. The quantitative estimate of drug-likeness (QED) is 0.698. The molecule has 2 aliphatic heterocycles. The van der Waals surface area contributed by atoms with E-state index in [1.54, 1.807) is 0 Å². The standard InChI is InChI=1S/C11H15NO6/c1-15-9(13)7-8(10(14)16-2)18-11(12-7)5-3-4-6-17-11/h12H,3-6H2,1-2H3. The van der Waals surface area contributed by atoms with Crippen molar-refractivity contribution in [3.05, 3.63) is 11.5 Å². The first-order chi connectivity index (χ1) is 8.62. The van der Waals surface area contributed by atoms with Crippen LogP contribution >= 0.6 is 0 Å². The molecule has 2 heterocycles. The fourth-order valence-corrected chi connectivity index (χ4v) is 1.92. The molecule has 1 fully saturated rings. The molecule has 1 atom stereocenters. The van der Waals surface area contributed by atoms with Gasteiger partial charge in [-0.05, 0) is 12.8 Å². The summed E-state index contributed by atoms with van der Waals surface area (Å²) in [5.41, 5.74) is -0.0637. The van der Waals surface area contributed by atoms with Crippen LogP contribution in [0.3, 0.4) is 0 Å². The lowest BCUT2D eigenvalue weighted by atomic mass is 10.1. The summed E-state index contributed by atoms with van der Waals surface area (Å²) in [4.78, 5) is 23.1. The summed E-state index contributed by atoms with van der Waals surface area (Å²) in [7, 11) is 2.43. The molecule has 1 saturated heterocycles. The van der Waals surface area contributed by atoms with Crippen LogP contribution in [0, 0.1) is 0 Å². The molecule has 1 unspecified atom stereocenters. The smallest absolute Gasteiger partial charge is 0.376 e. The minimum absolute atomic E-state index is 0.0637. The van der Waals surface area contributed by atoms with Crippen LogP contribution in [0.2, 0.25) is 0 Å². The van der Waals surface area contributed by atoms with Gasteiger partial charge < -0.3 is 24.3 Å². The van der Waals surface area contributed by atoms with Crippen molar-refractivity contribution in [1.82, 2.24) is 5.32 Å². The zero-order valence-corrected chi connectivity index (χ0v) is 10.3. The largest absolute Gasteiger partial charge is 0.464 e. The number of hydrogen-bond acceptors (Lipinski definition) is 7. The van der Waals surface area contributed by atoms with Crippen LogP contribution in [0.25, 0.3) is 0 Å². The summed E-state index contributed by atoms with van der Waals surface area (Å²) < 4.78 is 20.1. The van der Waals surface area contributed by atoms with Crippen LogP contribution in [0.5, 0.6) is 0 Å². The fraction of sp³-hybridized carbons (Fsp3) is 0.636. The van der Waals surface area contributed by atoms with Crippen LogP contribution in [0.1, 0.15) is 19.3 Å². The summed E-state index contributed by atoms with van der Waals surface area (Å²) in [5, 5.41) is 2.78. The van der Waals surface area contributed by atoms with Gasteiger partial charge in [0.2, 0.25) is 5.76 Å². The lowest BCUT2D eigenvalue weighted by molar-refractivity contribution is -0.238. The molecule has 2 aliphatic rings. The zero-order valence-electron chi connectivity index (χ0n) is 10.3. The molecule has 1 spiro atoms. The van der Waals surface area contributed by atoms with Gasteiger partial charge in [0.05, 0.1) is 20.8 Å². The molecule has 100 valence electrons. The first-order valence-electron chi connectivity index (χ1n) is 5.64. The van der Waals surface area contributed by atoms with Crippen molar-refractivity contribution in [2.45, 2.75) is 25.2 Å². The molecule has 0 aromatic heterocycles. The number of carbonyl (C=O) groups is 2. The number of ether oxygens (including phenoxy) is 4. The Labute approximate surface area is 104 Å². The van der Waals surface area contributed by atoms with Crippen LogP contribution < -0.4 is 5.32 Å². The van der Waals surface area contributed by atoms with Gasteiger partial charge in [0.1, 0.15) is 0 Å². The Bertz CT molecular complexity index is 366. The molecule has 0 aliphatic carbocycles. The van der Waals surface area contributed by atoms with Gasteiger partial charge in [-0.3, -0.25) is 0 Å². The predicted molar refractivity (Wildman–Crippen MR) is 57.8 cm³/mol. The molecule has 0 bridgehead atoms. The average Bonchev–Trinajstić information content (AvgIpc) is 2.77. The molecule has 0 amide bonds. The normalized spacial score (nSPS) is 26.6. The molecular weight excluding hydrogens is 242 g/mol. The van der Waals surface area contributed by atoms with E-state index in [1.807, 2.05) is 0 Å². The molecule has 7 nitrogen and oxygen atoms in total. The van der Waals surface area contributed by atoms with Gasteiger partial charge in [-0.25, -0.2) is 9.59 Å². The third-order valence-electron chi connectivity index (χ3n) is 2.81. The van der Waals surface area contributed by atoms with E-state index in [2.05, 4.69) is 14.8 Å². The SMILES string of the molecule is COC(=O)C1=C(C(=O)OC)OC2(CCCCO2)N1. The van der Waals surface area contributed by atoms with Crippen LogP contribution in [0.15, 0.2) is 11.5 Å². The summed E-state index contributed by atoms with van der Waals surface area (Å²) >= 11 is 0. The van der Waals surface area contributed by atoms with Gasteiger partial charge in [0, 0.05) is 6.42 Å². The van der Waals surface area contributed by atoms with E-state index < -0.39 is 17.8 Å². The minimum Gasteiger partial charge on any atom is -0.464 e. The van der Waals surface area contributed by atoms with Gasteiger partial charge in [0.15, 0.2) is 5.70 Å². The Balaban J connectivity index is 2.24. The van der Waals surface area contributed by atoms with Gasteiger partial charge in [0.25, 0.3) is 5.91 Å². The highest BCUT2D eigenvalue weighted by atomic mass is 16.7. The lowest BCUT2D eigenvalue weighted by Gasteiger charge is -2.33. The highest BCUT2D eigenvalue weighted by Gasteiger charge is 2.47. The molecular formula is C11H15NO6. The average molecular weight is 257 g/mol. The van der Waals surface area contributed by atoms with Gasteiger partial charge in [-0.15, -0.1) is 0 Å². The van der Waals surface area contributed by atoms with Crippen molar-refractivity contribution in [2.75, 3.05) is 20.8 Å². The third kappa shape index (κ3) is 2.13. The second kappa shape index (κ2) is 4.85. The summed E-state index contributed by atoms with van der Waals surface area (Å²) in [6.45, 7) is 0.496. The maximum Gasteiger partial charge on any atom is 0.376 e. The van der Waals surface area contributed by atoms with Crippen molar-refractivity contribution in [1.29, 1.82) is 0 Å². The zero-order chi connectivity index (χ0) is 13.2. The Morgan fingerprint density at radius 1 is 1.22 bits per heavy atom. The summed E-state index contributed by atoms with van der Waals surface area (Å²) in [6, 6.07) is 0. The highest BCUT2D eigenvalue weighted by Crippen LogP contribution is 2.33. The molecule has 18 heavy (non-hydrogen) atoms. The fourth-order valence-electron chi connectivity index (χ4n) is 1.92. The molecule has 2 rings (SSSR count). The van der Waals surface area contributed by atoms with E-state index in [-0.39, 0.29) is 11.5 Å². The van der Waals surface area contributed by atoms with E-state index in [0.29, 0.717) is 13.0 Å². The maximum atomic E-state index is 11.6. The Kier molecular flexibility index (Phi) is 3.42. The molecule has 0 aromatic rings. The first-order valence-corrected chi connectivity index (χ1v) is 5.64. The lowest BCUT2D eigenvalue weighted by Crippen LogP contribution is -2.48. The number of carbonyl (C=O) groups excluding carboxylic acids is 2. The number of hydrogen-bond donors (Lipinski definition) is 1. The van der Waals surface area contributed by atoms with Crippen LogP contribution in [0.4, 0.5) is 0 Å². The van der Waals surface area contributed by atoms with Crippen molar-refractivity contribution >= 4 is 11.9 Å². The number of methoxy groups -OCH3 is 2. The number of nitrogens with one attached hydrogen (secondary N) is 1. The van der Waals surface area contributed by atoms with Gasteiger partial charge >= 0.3 is 11.9 Å². The van der Waals surface area contributed by atoms with Crippen LogP contribution in [-0.2, 0) is 28.5 Å². The van der Waals surface area contributed by atoms with Gasteiger partial charge in [-0.2, -0.15) is 0 Å². The second-order valence-electron chi connectivity index (χ2n) is 3.97. The topological polar surface area (TPSA) is 83.1 Å². The number of esters is 2. The van der Waals surface area contributed by atoms with E-state index in [4.69, 9.17) is 9.47 Å². The molecule has 0 aromatic carbocycles. The summed E-state index contributed by atoms with van der Waals surface area (Å²) in [5.74, 6) is -2.78. The van der Waals surface area contributed by atoms with Crippen LogP contribution in [-0.4, -0.2) is 38.7 Å². The minimum atomic E-state index is -1.15. The highest BCUT2D eigenvalue weighted by molar-refractivity contribution is 5.99. The van der Waals surface area contributed by atoms with E-state index in [0.717, 1.165) is 12.8 Å².